The first-order valence-corrected chi connectivity index (χ1v) is 6.37. The summed E-state index contributed by atoms with van der Waals surface area (Å²) in [6.45, 7) is 5.06. The van der Waals surface area contributed by atoms with E-state index in [1.165, 1.54) is 4.88 Å². The van der Waals surface area contributed by atoms with Crippen molar-refractivity contribution in [1.82, 2.24) is 5.32 Å². The quantitative estimate of drug-likeness (QED) is 0.781. The Morgan fingerprint density at radius 2 is 2.33 bits per heavy atom. The molecule has 0 saturated carbocycles. The number of hydrogen-bond donors (Lipinski definition) is 1. The van der Waals surface area contributed by atoms with E-state index in [1.54, 1.807) is 11.3 Å². The van der Waals surface area contributed by atoms with Crippen molar-refractivity contribution < 1.29 is 4.79 Å². The Morgan fingerprint density at radius 1 is 1.53 bits per heavy atom. The summed E-state index contributed by atoms with van der Waals surface area (Å²) >= 11 is 1.66. The normalized spacial score (nSPS) is 26.5. The van der Waals surface area contributed by atoms with Gasteiger partial charge in [0.05, 0.1) is 0 Å². The van der Waals surface area contributed by atoms with Gasteiger partial charge in [0.15, 0.2) is 5.78 Å². The summed E-state index contributed by atoms with van der Waals surface area (Å²) in [6.07, 6.45) is 2.14. The highest BCUT2D eigenvalue weighted by Crippen LogP contribution is 2.22. The Morgan fingerprint density at radius 3 is 2.87 bits per heavy atom. The number of piperidine rings is 1. The van der Waals surface area contributed by atoms with Crippen LogP contribution in [0.15, 0.2) is 11.4 Å². The number of ketones is 1. The fraction of sp³-hybridized carbons (Fsp3) is 0.583. The van der Waals surface area contributed by atoms with Crippen molar-refractivity contribution in [3.63, 3.8) is 0 Å². The Bertz CT molecular complexity index is 350. The number of carbonyl (C=O) groups is 1. The van der Waals surface area contributed by atoms with Gasteiger partial charge in [-0.3, -0.25) is 4.79 Å². The van der Waals surface area contributed by atoms with Crippen LogP contribution in [0.25, 0.3) is 0 Å². The Labute approximate surface area is 94.7 Å². The molecule has 1 aliphatic heterocycles. The molecular formula is C12H17NOS. The second kappa shape index (κ2) is 4.45. The lowest BCUT2D eigenvalue weighted by Gasteiger charge is -2.26. The minimum absolute atomic E-state index is 0.190. The van der Waals surface area contributed by atoms with Gasteiger partial charge in [-0.05, 0) is 32.8 Å². The van der Waals surface area contributed by atoms with Gasteiger partial charge in [-0.15, -0.1) is 11.3 Å². The van der Waals surface area contributed by atoms with E-state index in [-0.39, 0.29) is 5.92 Å². The molecule has 0 aliphatic carbocycles. The van der Waals surface area contributed by atoms with Gasteiger partial charge < -0.3 is 5.32 Å². The third-order valence-corrected chi connectivity index (χ3v) is 3.91. The van der Waals surface area contributed by atoms with Crippen LogP contribution in [-0.2, 0) is 0 Å². The highest BCUT2D eigenvalue weighted by Gasteiger charge is 2.25. The summed E-state index contributed by atoms with van der Waals surface area (Å²) in [5.41, 5.74) is 0.902. The van der Waals surface area contributed by atoms with Crippen LogP contribution in [-0.4, -0.2) is 18.4 Å². The predicted molar refractivity (Wildman–Crippen MR) is 63.6 cm³/mol. The lowest BCUT2D eigenvalue weighted by Crippen LogP contribution is -2.39. The molecule has 82 valence electrons. The van der Waals surface area contributed by atoms with Crippen LogP contribution in [0, 0.1) is 12.8 Å². The zero-order chi connectivity index (χ0) is 10.8. The van der Waals surface area contributed by atoms with E-state index in [1.807, 2.05) is 18.4 Å². The molecule has 1 aromatic rings. The molecule has 3 heteroatoms. The Hall–Kier alpha value is -0.670. The summed E-state index contributed by atoms with van der Waals surface area (Å²) in [4.78, 5) is 13.3. The average Bonchev–Trinajstić information content (AvgIpc) is 2.65. The monoisotopic (exact) mass is 223 g/mol. The number of Topliss-reactive ketones (excluding diaryl/α,β-unsaturated/α-hetero) is 1. The van der Waals surface area contributed by atoms with Crippen molar-refractivity contribution >= 4 is 17.1 Å². The smallest absolute Gasteiger partial charge is 0.168 e. The molecule has 1 aromatic heterocycles. The SMILES string of the molecule is Cc1cc(C(=O)C2CCC(C)NC2)cs1. The van der Waals surface area contributed by atoms with Crippen molar-refractivity contribution in [3.8, 4) is 0 Å². The molecule has 1 fully saturated rings. The lowest BCUT2D eigenvalue weighted by molar-refractivity contribution is 0.0891. The maximum atomic E-state index is 12.1. The molecule has 2 nitrogen and oxygen atoms in total. The maximum Gasteiger partial charge on any atom is 0.168 e. The van der Waals surface area contributed by atoms with Crippen molar-refractivity contribution in [2.75, 3.05) is 6.54 Å². The molecule has 0 bridgehead atoms. The number of thiophene rings is 1. The van der Waals surface area contributed by atoms with Gasteiger partial charge in [0.1, 0.15) is 0 Å². The van der Waals surface area contributed by atoms with Gasteiger partial charge in [-0.25, -0.2) is 0 Å². The van der Waals surface area contributed by atoms with Crippen LogP contribution in [0.2, 0.25) is 0 Å². The molecule has 2 rings (SSSR count). The second-order valence-corrected chi connectivity index (χ2v) is 5.51. The molecule has 0 spiro atoms. The number of nitrogens with one attached hydrogen (secondary N) is 1. The molecule has 0 radical (unpaired) electrons. The van der Waals surface area contributed by atoms with Crippen molar-refractivity contribution in [2.24, 2.45) is 5.92 Å². The molecule has 2 heterocycles. The molecule has 0 amide bonds. The summed E-state index contributed by atoms with van der Waals surface area (Å²) in [5, 5.41) is 5.35. The zero-order valence-corrected chi connectivity index (χ0v) is 10.1. The first-order chi connectivity index (χ1) is 7.16. The highest BCUT2D eigenvalue weighted by atomic mass is 32.1. The zero-order valence-electron chi connectivity index (χ0n) is 9.25. The molecule has 2 atom stereocenters. The van der Waals surface area contributed by atoms with Crippen LogP contribution in [0.1, 0.15) is 35.0 Å². The first kappa shape index (κ1) is 10.8. The summed E-state index contributed by atoms with van der Waals surface area (Å²) in [5.74, 6) is 0.508. The highest BCUT2D eigenvalue weighted by molar-refractivity contribution is 7.10. The lowest BCUT2D eigenvalue weighted by atomic mass is 9.89. The van der Waals surface area contributed by atoms with Gasteiger partial charge >= 0.3 is 0 Å². The molecule has 15 heavy (non-hydrogen) atoms. The first-order valence-electron chi connectivity index (χ1n) is 5.49. The van der Waals surface area contributed by atoms with Crippen LogP contribution in [0.5, 0.6) is 0 Å². The summed E-state index contributed by atoms with van der Waals surface area (Å²) in [7, 11) is 0. The van der Waals surface area contributed by atoms with Gasteiger partial charge in [0.25, 0.3) is 0 Å². The van der Waals surface area contributed by atoms with E-state index in [9.17, 15) is 4.79 Å². The number of aryl methyl sites for hydroxylation is 1. The number of rotatable bonds is 2. The minimum atomic E-state index is 0.190. The summed E-state index contributed by atoms with van der Waals surface area (Å²) < 4.78 is 0. The van der Waals surface area contributed by atoms with Crippen LogP contribution in [0.4, 0.5) is 0 Å². The van der Waals surface area contributed by atoms with Crippen LogP contribution in [0.3, 0.4) is 0 Å². The average molecular weight is 223 g/mol. The summed E-state index contributed by atoms with van der Waals surface area (Å²) in [6, 6.07) is 2.57. The van der Waals surface area contributed by atoms with Gasteiger partial charge in [-0.1, -0.05) is 0 Å². The van der Waals surface area contributed by atoms with Crippen LogP contribution < -0.4 is 5.32 Å². The van der Waals surface area contributed by atoms with Crippen molar-refractivity contribution in [1.29, 1.82) is 0 Å². The van der Waals surface area contributed by atoms with E-state index in [2.05, 4.69) is 12.2 Å². The van der Waals surface area contributed by atoms with E-state index < -0.39 is 0 Å². The van der Waals surface area contributed by atoms with Crippen LogP contribution >= 0.6 is 11.3 Å². The fourth-order valence-electron chi connectivity index (χ4n) is 2.03. The van der Waals surface area contributed by atoms with Gasteiger partial charge in [0.2, 0.25) is 0 Å². The molecular weight excluding hydrogens is 206 g/mol. The minimum Gasteiger partial charge on any atom is -0.314 e. The maximum absolute atomic E-state index is 12.1. The number of carbonyl (C=O) groups excluding carboxylic acids is 1. The van der Waals surface area contributed by atoms with E-state index in [0.29, 0.717) is 11.8 Å². The van der Waals surface area contributed by atoms with Crippen molar-refractivity contribution in [2.45, 2.75) is 32.7 Å². The third kappa shape index (κ3) is 2.47. The fourth-order valence-corrected chi connectivity index (χ4v) is 2.72. The second-order valence-electron chi connectivity index (χ2n) is 4.39. The molecule has 0 aromatic carbocycles. The topological polar surface area (TPSA) is 29.1 Å². The Balaban J connectivity index is 2.02. The molecule has 1 N–H and O–H groups in total. The van der Waals surface area contributed by atoms with E-state index >= 15 is 0 Å². The predicted octanol–water partition coefficient (Wildman–Crippen LogP) is 2.63. The van der Waals surface area contributed by atoms with E-state index in [0.717, 1.165) is 24.9 Å². The molecule has 1 saturated heterocycles. The molecule has 1 aliphatic rings. The van der Waals surface area contributed by atoms with E-state index in [4.69, 9.17) is 0 Å². The largest absolute Gasteiger partial charge is 0.314 e. The van der Waals surface area contributed by atoms with Gasteiger partial charge in [-0.2, -0.15) is 0 Å². The molecule has 2 unspecified atom stereocenters. The number of hydrogen-bond acceptors (Lipinski definition) is 3. The van der Waals surface area contributed by atoms with Gasteiger partial charge in [0, 0.05) is 34.3 Å². The standard InChI is InChI=1S/C12H17NOS/c1-8-3-4-10(6-13-8)12(14)11-5-9(2)15-7-11/h5,7-8,10,13H,3-4,6H2,1-2H3. The Kier molecular flexibility index (Phi) is 3.22. The van der Waals surface area contributed by atoms with Crippen molar-refractivity contribution in [3.05, 3.63) is 21.9 Å². The third-order valence-electron chi connectivity index (χ3n) is 3.05.